The maximum absolute atomic E-state index is 3.54. The molecule has 0 radical (unpaired) electrons. The quantitative estimate of drug-likeness (QED) is 0.641. The average Bonchev–Trinajstić information content (AvgIpc) is 2.27. The second-order valence-corrected chi connectivity index (χ2v) is 4.58. The molecule has 0 aromatic heterocycles. The predicted molar refractivity (Wildman–Crippen MR) is 62.6 cm³/mol. The first-order valence-electron chi connectivity index (χ1n) is 6.20. The van der Waals surface area contributed by atoms with Crippen molar-refractivity contribution >= 4 is 0 Å². The van der Waals surface area contributed by atoms with Crippen molar-refractivity contribution in [3.63, 3.8) is 0 Å². The van der Waals surface area contributed by atoms with Crippen molar-refractivity contribution in [3.8, 4) is 0 Å². The average molecular weight is 198 g/mol. The summed E-state index contributed by atoms with van der Waals surface area (Å²) >= 11 is 0. The summed E-state index contributed by atoms with van der Waals surface area (Å²) in [5.74, 6) is 0. The van der Waals surface area contributed by atoms with Crippen LogP contribution < -0.4 is 5.32 Å². The van der Waals surface area contributed by atoms with Crippen molar-refractivity contribution < 1.29 is 0 Å². The molecule has 2 nitrogen and oxygen atoms in total. The van der Waals surface area contributed by atoms with Gasteiger partial charge in [-0.3, -0.25) is 0 Å². The molecule has 0 aliphatic carbocycles. The van der Waals surface area contributed by atoms with E-state index in [0.717, 1.165) is 0 Å². The molecule has 84 valence electrons. The molecule has 2 saturated heterocycles. The van der Waals surface area contributed by atoms with E-state index in [0.29, 0.717) is 5.41 Å². The lowest BCUT2D eigenvalue weighted by atomic mass is 9.73. The Morgan fingerprint density at radius 2 is 1.71 bits per heavy atom. The fraction of sp³-hybridized carbons (Fsp3) is 1.00. The van der Waals surface area contributed by atoms with Gasteiger partial charge in [0.25, 0.3) is 0 Å². The topological polar surface area (TPSA) is 15.3 Å². The third-order valence-electron chi connectivity index (χ3n) is 3.61. The maximum atomic E-state index is 3.54. The maximum Gasteiger partial charge on any atom is 0.000877 e. The summed E-state index contributed by atoms with van der Waals surface area (Å²) in [6, 6.07) is 0. The fourth-order valence-corrected chi connectivity index (χ4v) is 2.55. The van der Waals surface area contributed by atoms with Crippen molar-refractivity contribution in [3.05, 3.63) is 0 Å². The number of rotatable bonds is 0. The molecule has 0 atom stereocenters. The normalized spacial score (nSPS) is 26.8. The highest BCUT2D eigenvalue weighted by molar-refractivity contribution is 4.89. The number of hydrogen-bond donors (Lipinski definition) is 1. The van der Waals surface area contributed by atoms with Gasteiger partial charge in [-0.25, -0.2) is 0 Å². The summed E-state index contributed by atoms with van der Waals surface area (Å²) in [5, 5.41) is 3.54. The van der Waals surface area contributed by atoms with Gasteiger partial charge in [-0.15, -0.1) is 0 Å². The van der Waals surface area contributed by atoms with E-state index in [9.17, 15) is 0 Å². The monoisotopic (exact) mass is 198 g/mol. The van der Waals surface area contributed by atoms with Crippen LogP contribution >= 0.6 is 0 Å². The Kier molecular flexibility index (Phi) is 4.90. The Bertz CT molecular complexity index is 140. The van der Waals surface area contributed by atoms with E-state index in [1.807, 2.05) is 13.8 Å². The molecule has 2 fully saturated rings. The summed E-state index contributed by atoms with van der Waals surface area (Å²) in [6.45, 7) is 9.14. The van der Waals surface area contributed by atoms with Crippen LogP contribution in [0.5, 0.6) is 0 Å². The summed E-state index contributed by atoms with van der Waals surface area (Å²) in [6.07, 6.45) is 5.69. The SMILES string of the molecule is CC.CN1CCC2(CCCNC2)CC1. The highest BCUT2D eigenvalue weighted by atomic mass is 15.1. The molecule has 2 aliphatic heterocycles. The van der Waals surface area contributed by atoms with Crippen LogP contribution in [0.1, 0.15) is 39.5 Å². The fourth-order valence-electron chi connectivity index (χ4n) is 2.55. The van der Waals surface area contributed by atoms with Crippen molar-refractivity contribution in [2.24, 2.45) is 5.41 Å². The van der Waals surface area contributed by atoms with E-state index in [-0.39, 0.29) is 0 Å². The van der Waals surface area contributed by atoms with Crippen molar-refractivity contribution in [2.45, 2.75) is 39.5 Å². The zero-order valence-electron chi connectivity index (χ0n) is 10.1. The minimum Gasteiger partial charge on any atom is -0.316 e. The molecule has 1 N–H and O–H groups in total. The first-order chi connectivity index (χ1) is 6.81. The van der Waals surface area contributed by atoms with Crippen LogP contribution in [0.4, 0.5) is 0 Å². The van der Waals surface area contributed by atoms with Gasteiger partial charge in [-0.05, 0) is 57.8 Å². The lowest BCUT2D eigenvalue weighted by Gasteiger charge is -2.43. The minimum absolute atomic E-state index is 0.685. The molecule has 0 unspecified atom stereocenters. The molecular formula is C12H26N2. The first kappa shape index (κ1) is 12.0. The molecular weight excluding hydrogens is 172 g/mol. The molecule has 0 aromatic carbocycles. The zero-order valence-corrected chi connectivity index (χ0v) is 10.1. The molecule has 14 heavy (non-hydrogen) atoms. The van der Waals surface area contributed by atoms with E-state index in [1.54, 1.807) is 0 Å². The molecule has 2 aliphatic rings. The predicted octanol–water partition coefficient (Wildman–Crippen LogP) is 2.11. The van der Waals surface area contributed by atoms with Gasteiger partial charge in [0.2, 0.25) is 0 Å². The lowest BCUT2D eigenvalue weighted by Crippen LogP contribution is -2.46. The second kappa shape index (κ2) is 5.72. The van der Waals surface area contributed by atoms with Crippen LogP contribution in [0.2, 0.25) is 0 Å². The van der Waals surface area contributed by atoms with E-state index in [4.69, 9.17) is 0 Å². The number of hydrogen-bond acceptors (Lipinski definition) is 2. The Balaban J connectivity index is 0.000000461. The van der Waals surface area contributed by atoms with Crippen molar-refractivity contribution in [1.82, 2.24) is 10.2 Å². The largest absolute Gasteiger partial charge is 0.316 e. The smallest absolute Gasteiger partial charge is 0.000877 e. The van der Waals surface area contributed by atoms with Gasteiger partial charge < -0.3 is 10.2 Å². The van der Waals surface area contributed by atoms with E-state index < -0.39 is 0 Å². The summed E-state index contributed by atoms with van der Waals surface area (Å²) in [7, 11) is 2.24. The van der Waals surface area contributed by atoms with Crippen LogP contribution in [-0.2, 0) is 0 Å². The molecule has 2 heterocycles. The van der Waals surface area contributed by atoms with E-state index >= 15 is 0 Å². The molecule has 0 bridgehead atoms. The Labute approximate surface area is 89.1 Å². The molecule has 0 saturated carbocycles. The van der Waals surface area contributed by atoms with Crippen molar-refractivity contribution in [2.75, 3.05) is 33.2 Å². The first-order valence-corrected chi connectivity index (χ1v) is 6.20. The van der Waals surface area contributed by atoms with Crippen LogP contribution in [0.15, 0.2) is 0 Å². The van der Waals surface area contributed by atoms with E-state index in [2.05, 4.69) is 17.3 Å². The minimum atomic E-state index is 0.685. The third-order valence-corrected chi connectivity index (χ3v) is 3.61. The van der Waals surface area contributed by atoms with Gasteiger partial charge in [0.15, 0.2) is 0 Å². The second-order valence-electron chi connectivity index (χ2n) is 4.58. The highest BCUT2D eigenvalue weighted by Gasteiger charge is 2.34. The molecule has 1 spiro atoms. The van der Waals surface area contributed by atoms with Crippen LogP contribution in [0.3, 0.4) is 0 Å². The number of nitrogens with zero attached hydrogens (tertiary/aromatic N) is 1. The van der Waals surface area contributed by atoms with Crippen LogP contribution in [0.25, 0.3) is 0 Å². The highest BCUT2D eigenvalue weighted by Crippen LogP contribution is 2.36. The Morgan fingerprint density at radius 3 is 2.21 bits per heavy atom. The van der Waals surface area contributed by atoms with Gasteiger partial charge in [-0.2, -0.15) is 0 Å². The van der Waals surface area contributed by atoms with Crippen LogP contribution in [0, 0.1) is 5.41 Å². The van der Waals surface area contributed by atoms with Gasteiger partial charge in [-0.1, -0.05) is 13.8 Å². The summed E-state index contributed by atoms with van der Waals surface area (Å²) in [4.78, 5) is 2.46. The van der Waals surface area contributed by atoms with E-state index in [1.165, 1.54) is 51.9 Å². The van der Waals surface area contributed by atoms with Gasteiger partial charge in [0.05, 0.1) is 0 Å². The number of nitrogens with one attached hydrogen (secondary N) is 1. The Morgan fingerprint density at radius 1 is 1.07 bits per heavy atom. The molecule has 0 aromatic rings. The third kappa shape index (κ3) is 2.96. The van der Waals surface area contributed by atoms with Crippen molar-refractivity contribution in [1.29, 1.82) is 0 Å². The standard InChI is InChI=1S/C10H20N2.C2H6/c1-12-7-4-10(5-8-12)3-2-6-11-9-10;1-2/h11H,2-9H2,1H3;1-2H3. The van der Waals surface area contributed by atoms with Gasteiger partial charge in [0.1, 0.15) is 0 Å². The Hall–Kier alpha value is -0.0800. The van der Waals surface area contributed by atoms with Crippen LogP contribution in [-0.4, -0.2) is 38.1 Å². The molecule has 0 amide bonds. The number of likely N-dealkylation sites (tertiary alicyclic amines) is 1. The molecule has 2 rings (SSSR count). The summed E-state index contributed by atoms with van der Waals surface area (Å²) < 4.78 is 0. The molecule has 2 heteroatoms. The number of piperidine rings is 2. The van der Waals surface area contributed by atoms with Gasteiger partial charge >= 0.3 is 0 Å². The zero-order chi connectivity index (χ0) is 10.4. The van der Waals surface area contributed by atoms with Gasteiger partial charge in [0, 0.05) is 6.54 Å². The summed E-state index contributed by atoms with van der Waals surface area (Å²) in [5.41, 5.74) is 0.685. The lowest BCUT2D eigenvalue weighted by molar-refractivity contribution is 0.0930.